The quantitative estimate of drug-likeness (QED) is 0.288. The van der Waals surface area contributed by atoms with Crippen LogP contribution in [-0.4, -0.2) is 10.2 Å². The molecule has 0 atom stereocenters. The maximum atomic E-state index is 6.32. The fraction of sp³-hybridized carbons (Fsp3) is 0.0690. The Labute approximate surface area is 188 Å². The van der Waals surface area contributed by atoms with Gasteiger partial charge in [0.2, 0.25) is 0 Å². The molecule has 5 aromatic rings. The third kappa shape index (κ3) is 3.93. The number of aromatic amines is 1. The van der Waals surface area contributed by atoms with Crippen molar-refractivity contribution in [1.29, 1.82) is 0 Å². The molecule has 0 unspecified atom stereocenters. The molecule has 1 heterocycles. The summed E-state index contributed by atoms with van der Waals surface area (Å²) < 4.78 is 6.32. The fourth-order valence-electron chi connectivity index (χ4n) is 4.14. The van der Waals surface area contributed by atoms with E-state index >= 15 is 0 Å². The summed E-state index contributed by atoms with van der Waals surface area (Å²) in [6.45, 7) is 2.20. The molecule has 0 aliphatic heterocycles. The van der Waals surface area contributed by atoms with E-state index in [9.17, 15) is 0 Å². The Kier molecular flexibility index (Phi) is 5.54. The average molecular weight is 417 g/mol. The van der Waals surface area contributed by atoms with Gasteiger partial charge in [0.15, 0.2) is 0 Å². The molecule has 0 radical (unpaired) electrons. The van der Waals surface area contributed by atoms with Gasteiger partial charge in [-0.05, 0) is 59.0 Å². The van der Waals surface area contributed by atoms with Crippen LogP contribution >= 0.6 is 0 Å². The number of nitrogens with zero attached hydrogens (tertiary/aromatic N) is 1. The van der Waals surface area contributed by atoms with Crippen LogP contribution < -0.4 is 4.74 Å². The molecule has 32 heavy (non-hydrogen) atoms. The van der Waals surface area contributed by atoms with E-state index in [-0.39, 0.29) is 0 Å². The number of fused-ring (bicyclic) bond motifs is 1. The highest BCUT2D eigenvalue weighted by Gasteiger charge is 2.17. The zero-order valence-corrected chi connectivity index (χ0v) is 18.0. The van der Waals surface area contributed by atoms with Crippen LogP contribution in [0.5, 0.6) is 11.5 Å². The lowest BCUT2D eigenvalue weighted by Crippen LogP contribution is -1.97. The second kappa shape index (κ2) is 8.94. The Hall–Kier alpha value is -4.11. The third-order valence-electron chi connectivity index (χ3n) is 5.63. The number of rotatable bonds is 6. The first-order chi connectivity index (χ1) is 15.8. The number of hydrogen-bond acceptors (Lipinski definition) is 2. The summed E-state index contributed by atoms with van der Waals surface area (Å²) in [4.78, 5) is 0. The van der Waals surface area contributed by atoms with Gasteiger partial charge in [-0.1, -0.05) is 79.7 Å². The summed E-state index contributed by atoms with van der Waals surface area (Å²) in [5.41, 5.74) is 6.93. The van der Waals surface area contributed by atoms with Crippen LogP contribution in [0.1, 0.15) is 30.0 Å². The van der Waals surface area contributed by atoms with Crippen molar-refractivity contribution in [3.05, 3.63) is 126 Å². The molecule has 0 aliphatic rings. The highest BCUT2D eigenvalue weighted by Crippen LogP contribution is 2.39. The monoisotopic (exact) mass is 416 g/mol. The summed E-state index contributed by atoms with van der Waals surface area (Å²) in [5.74, 6) is 1.69. The van der Waals surface area contributed by atoms with Crippen molar-refractivity contribution in [2.24, 2.45) is 0 Å². The topological polar surface area (TPSA) is 37.9 Å². The summed E-state index contributed by atoms with van der Waals surface area (Å²) in [6.07, 6.45) is 2.74. The number of H-pyrrole nitrogens is 1. The molecular weight excluding hydrogens is 392 g/mol. The number of para-hydroxylation sites is 2. The van der Waals surface area contributed by atoms with Crippen LogP contribution in [0.2, 0.25) is 0 Å². The van der Waals surface area contributed by atoms with Crippen molar-refractivity contribution in [3.63, 3.8) is 0 Å². The SMILES string of the molecule is CC/C(=C(/c1ccccc1)c1ccc2[nH]ncc2c1)c1ccccc1Oc1ccccc1. The van der Waals surface area contributed by atoms with Gasteiger partial charge in [-0.2, -0.15) is 5.10 Å². The first kappa shape index (κ1) is 19.8. The second-order valence-corrected chi connectivity index (χ2v) is 7.66. The van der Waals surface area contributed by atoms with E-state index in [4.69, 9.17) is 4.74 Å². The largest absolute Gasteiger partial charge is 0.457 e. The van der Waals surface area contributed by atoms with Crippen molar-refractivity contribution >= 4 is 22.0 Å². The maximum absolute atomic E-state index is 6.32. The normalized spacial score (nSPS) is 11.9. The predicted octanol–water partition coefficient (Wildman–Crippen LogP) is 7.72. The third-order valence-corrected chi connectivity index (χ3v) is 5.63. The number of ether oxygens (including phenoxy) is 1. The van der Waals surface area contributed by atoms with Crippen molar-refractivity contribution in [2.75, 3.05) is 0 Å². The Morgan fingerprint density at radius 3 is 2.28 bits per heavy atom. The molecule has 0 bridgehead atoms. The van der Waals surface area contributed by atoms with E-state index in [0.717, 1.165) is 39.9 Å². The molecule has 4 aromatic carbocycles. The molecule has 0 saturated carbocycles. The molecule has 0 amide bonds. The Balaban J connectivity index is 1.73. The van der Waals surface area contributed by atoms with Crippen molar-refractivity contribution in [1.82, 2.24) is 10.2 Å². The van der Waals surface area contributed by atoms with E-state index in [1.54, 1.807) is 0 Å². The Bertz CT molecular complexity index is 1370. The van der Waals surface area contributed by atoms with Gasteiger partial charge in [0.05, 0.1) is 11.7 Å². The van der Waals surface area contributed by atoms with Gasteiger partial charge in [-0.3, -0.25) is 5.10 Å². The van der Waals surface area contributed by atoms with Gasteiger partial charge in [-0.25, -0.2) is 0 Å². The minimum atomic E-state index is 0.830. The van der Waals surface area contributed by atoms with E-state index in [0.29, 0.717) is 0 Å². The summed E-state index contributed by atoms with van der Waals surface area (Å²) >= 11 is 0. The summed E-state index contributed by atoms with van der Waals surface area (Å²) in [6, 6.07) is 35.3. The van der Waals surface area contributed by atoms with E-state index in [2.05, 4.69) is 77.8 Å². The van der Waals surface area contributed by atoms with Crippen molar-refractivity contribution < 1.29 is 4.74 Å². The maximum Gasteiger partial charge on any atom is 0.134 e. The highest BCUT2D eigenvalue weighted by atomic mass is 16.5. The van der Waals surface area contributed by atoms with Gasteiger partial charge in [0.1, 0.15) is 11.5 Å². The minimum Gasteiger partial charge on any atom is -0.457 e. The van der Waals surface area contributed by atoms with E-state index in [1.807, 2.05) is 48.7 Å². The Morgan fingerprint density at radius 1 is 0.781 bits per heavy atom. The zero-order chi connectivity index (χ0) is 21.8. The van der Waals surface area contributed by atoms with Gasteiger partial charge in [0.25, 0.3) is 0 Å². The highest BCUT2D eigenvalue weighted by molar-refractivity contribution is 6.01. The molecule has 5 rings (SSSR count). The number of aromatic nitrogens is 2. The molecule has 3 heteroatoms. The lowest BCUT2D eigenvalue weighted by Gasteiger charge is -2.19. The minimum absolute atomic E-state index is 0.830. The van der Waals surface area contributed by atoms with E-state index < -0.39 is 0 Å². The molecule has 0 aliphatic carbocycles. The molecule has 1 aromatic heterocycles. The molecule has 156 valence electrons. The fourth-order valence-corrected chi connectivity index (χ4v) is 4.14. The van der Waals surface area contributed by atoms with E-state index in [1.165, 1.54) is 16.7 Å². The number of hydrogen-bond donors (Lipinski definition) is 1. The van der Waals surface area contributed by atoms with Crippen LogP contribution in [0.15, 0.2) is 109 Å². The molecular formula is C29H24N2O. The van der Waals surface area contributed by atoms with Crippen LogP contribution in [0, 0.1) is 0 Å². The van der Waals surface area contributed by atoms with Crippen molar-refractivity contribution in [3.8, 4) is 11.5 Å². The van der Waals surface area contributed by atoms with Crippen LogP contribution in [0.3, 0.4) is 0 Å². The predicted molar refractivity (Wildman–Crippen MR) is 132 cm³/mol. The summed E-state index contributed by atoms with van der Waals surface area (Å²) in [5, 5.41) is 8.35. The van der Waals surface area contributed by atoms with Crippen LogP contribution in [-0.2, 0) is 0 Å². The number of benzene rings is 4. The first-order valence-electron chi connectivity index (χ1n) is 10.9. The van der Waals surface area contributed by atoms with Gasteiger partial charge < -0.3 is 4.74 Å². The molecule has 0 saturated heterocycles. The number of nitrogens with one attached hydrogen (secondary N) is 1. The van der Waals surface area contributed by atoms with Gasteiger partial charge >= 0.3 is 0 Å². The zero-order valence-electron chi connectivity index (χ0n) is 18.0. The van der Waals surface area contributed by atoms with Crippen LogP contribution in [0.4, 0.5) is 0 Å². The Morgan fingerprint density at radius 2 is 1.50 bits per heavy atom. The molecule has 0 spiro atoms. The number of allylic oxidation sites excluding steroid dienone is 1. The summed E-state index contributed by atoms with van der Waals surface area (Å²) in [7, 11) is 0. The lowest BCUT2D eigenvalue weighted by molar-refractivity contribution is 0.481. The van der Waals surface area contributed by atoms with Crippen molar-refractivity contribution in [2.45, 2.75) is 13.3 Å². The average Bonchev–Trinajstić information content (AvgIpc) is 3.32. The molecule has 0 fully saturated rings. The molecule has 1 N–H and O–H groups in total. The molecule has 3 nitrogen and oxygen atoms in total. The second-order valence-electron chi connectivity index (χ2n) is 7.66. The van der Waals surface area contributed by atoms with Crippen LogP contribution in [0.25, 0.3) is 22.0 Å². The smallest absolute Gasteiger partial charge is 0.134 e. The van der Waals surface area contributed by atoms with Gasteiger partial charge in [-0.15, -0.1) is 0 Å². The lowest BCUT2D eigenvalue weighted by atomic mass is 9.87. The first-order valence-corrected chi connectivity index (χ1v) is 10.9. The van der Waals surface area contributed by atoms with Gasteiger partial charge in [0, 0.05) is 10.9 Å². The standard InChI is InChI=1S/C29H24N2O/c1-2-25(26-15-9-10-16-28(26)32-24-13-7-4-8-14-24)29(21-11-5-3-6-12-21)22-17-18-27-23(19-22)20-30-31-27/h3-20H,2H2,1H3,(H,30,31)/b29-25+.